The molecule has 2 fully saturated rings. The number of morpholine rings is 1. The van der Waals surface area contributed by atoms with E-state index < -0.39 is 0 Å². The van der Waals surface area contributed by atoms with Gasteiger partial charge in [0.1, 0.15) is 5.82 Å². The van der Waals surface area contributed by atoms with E-state index in [0.29, 0.717) is 5.56 Å². The van der Waals surface area contributed by atoms with Crippen LogP contribution in [0.1, 0.15) is 24.8 Å². The number of nitrogens with zero attached hydrogens (tertiary/aromatic N) is 2. The fraction of sp³-hybridized carbons (Fsp3) is 0.650. The molecule has 1 aromatic carbocycles. The molecule has 1 unspecified atom stereocenters. The molecule has 3 rings (SSSR count). The molecular weight excluding hydrogens is 369 g/mol. The third kappa shape index (κ3) is 6.71. The predicted molar refractivity (Wildman–Crippen MR) is 107 cm³/mol. The highest BCUT2D eigenvalue weighted by molar-refractivity contribution is 5.85. The maximum Gasteiger partial charge on any atom is 0.227 e. The monoisotopic (exact) mass is 399 g/mol. The van der Waals surface area contributed by atoms with Crippen molar-refractivity contribution in [1.82, 2.24) is 15.1 Å². The standard InChI is InChI=1S/C20H30FN3O2.ClH/c21-19-7-2-1-5-17(19)15-20(25)24(18-6-3-8-22-16-18)10-4-9-23-11-13-26-14-12-23;/h1-2,5,7,18,22H,3-4,6,8-16H2;1H. The van der Waals surface area contributed by atoms with Crippen LogP contribution in [0.4, 0.5) is 4.39 Å². The van der Waals surface area contributed by atoms with Crippen LogP contribution in [0.3, 0.4) is 0 Å². The van der Waals surface area contributed by atoms with E-state index in [0.717, 1.165) is 71.7 Å². The molecule has 2 saturated heterocycles. The van der Waals surface area contributed by atoms with Gasteiger partial charge in [0.2, 0.25) is 5.91 Å². The van der Waals surface area contributed by atoms with Gasteiger partial charge in [-0.2, -0.15) is 0 Å². The summed E-state index contributed by atoms with van der Waals surface area (Å²) in [5.74, 6) is -0.262. The smallest absolute Gasteiger partial charge is 0.227 e. The topological polar surface area (TPSA) is 44.8 Å². The number of hydrogen-bond acceptors (Lipinski definition) is 4. The van der Waals surface area contributed by atoms with E-state index in [2.05, 4.69) is 10.2 Å². The molecule has 0 aliphatic carbocycles. The molecule has 0 spiro atoms. The zero-order valence-corrected chi connectivity index (χ0v) is 16.7. The second kappa shape index (κ2) is 11.6. The number of rotatable bonds is 7. The Morgan fingerprint density at radius 1 is 1.30 bits per heavy atom. The minimum atomic E-state index is -0.295. The Balaban J connectivity index is 0.00000261. The third-order valence-electron chi connectivity index (χ3n) is 5.31. The summed E-state index contributed by atoms with van der Waals surface area (Å²) in [4.78, 5) is 17.3. The van der Waals surface area contributed by atoms with E-state index in [9.17, 15) is 9.18 Å². The van der Waals surface area contributed by atoms with Crippen LogP contribution in [0.15, 0.2) is 24.3 Å². The summed E-state index contributed by atoms with van der Waals surface area (Å²) in [5.41, 5.74) is 0.486. The molecule has 0 radical (unpaired) electrons. The first kappa shape index (κ1) is 22.1. The van der Waals surface area contributed by atoms with Gasteiger partial charge in [-0.15, -0.1) is 12.4 Å². The van der Waals surface area contributed by atoms with Crippen molar-refractivity contribution in [2.24, 2.45) is 0 Å². The Morgan fingerprint density at radius 3 is 2.78 bits per heavy atom. The van der Waals surface area contributed by atoms with E-state index >= 15 is 0 Å². The molecule has 5 nitrogen and oxygen atoms in total. The Hall–Kier alpha value is -1.21. The maximum absolute atomic E-state index is 13.9. The Labute approximate surface area is 167 Å². The van der Waals surface area contributed by atoms with Gasteiger partial charge in [-0.25, -0.2) is 4.39 Å². The molecule has 1 aromatic rings. The van der Waals surface area contributed by atoms with Crippen molar-refractivity contribution in [3.05, 3.63) is 35.6 Å². The van der Waals surface area contributed by atoms with Crippen molar-refractivity contribution < 1.29 is 13.9 Å². The van der Waals surface area contributed by atoms with Crippen LogP contribution in [0.25, 0.3) is 0 Å². The van der Waals surface area contributed by atoms with Gasteiger partial charge in [0.25, 0.3) is 0 Å². The van der Waals surface area contributed by atoms with Gasteiger partial charge in [0.05, 0.1) is 19.6 Å². The van der Waals surface area contributed by atoms with Gasteiger partial charge >= 0.3 is 0 Å². The molecule has 2 aliphatic heterocycles. The number of benzene rings is 1. The van der Waals surface area contributed by atoms with Crippen LogP contribution >= 0.6 is 12.4 Å². The minimum absolute atomic E-state index is 0. The summed E-state index contributed by atoms with van der Waals surface area (Å²) >= 11 is 0. The second-order valence-electron chi connectivity index (χ2n) is 7.16. The van der Waals surface area contributed by atoms with E-state index in [-0.39, 0.29) is 36.6 Å². The van der Waals surface area contributed by atoms with Gasteiger partial charge in [-0.1, -0.05) is 18.2 Å². The highest BCUT2D eigenvalue weighted by Crippen LogP contribution is 2.15. The van der Waals surface area contributed by atoms with Crippen molar-refractivity contribution in [3.8, 4) is 0 Å². The Kier molecular flexibility index (Phi) is 9.48. The number of piperidine rings is 1. The molecular formula is C20H31ClFN3O2. The van der Waals surface area contributed by atoms with Crippen LogP contribution in [-0.4, -0.2) is 74.2 Å². The number of halogens is 2. The van der Waals surface area contributed by atoms with Crippen LogP contribution < -0.4 is 5.32 Å². The molecule has 0 bridgehead atoms. The van der Waals surface area contributed by atoms with Gasteiger partial charge in [0.15, 0.2) is 0 Å². The van der Waals surface area contributed by atoms with Gasteiger partial charge < -0.3 is 15.0 Å². The highest BCUT2D eigenvalue weighted by Gasteiger charge is 2.26. The van der Waals surface area contributed by atoms with Gasteiger partial charge in [-0.3, -0.25) is 9.69 Å². The summed E-state index contributed by atoms with van der Waals surface area (Å²) in [5, 5.41) is 3.39. The molecule has 2 aliphatic rings. The zero-order valence-electron chi connectivity index (χ0n) is 15.9. The fourth-order valence-electron chi connectivity index (χ4n) is 3.81. The molecule has 1 N–H and O–H groups in total. The first-order chi connectivity index (χ1) is 12.7. The molecule has 1 atom stereocenters. The minimum Gasteiger partial charge on any atom is -0.379 e. The van der Waals surface area contributed by atoms with Gasteiger partial charge in [0, 0.05) is 38.8 Å². The fourth-order valence-corrected chi connectivity index (χ4v) is 3.81. The first-order valence-electron chi connectivity index (χ1n) is 9.78. The average molecular weight is 400 g/mol. The van der Waals surface area contributed by atoms with Crippen molar-refractivity contribution in [2.75, 3.05) is 52.5 Å². The van der Waals surface area contributed by atoms with E-state index in [1.54, 1.807) is 18.2 Å². The van der Waals surface area contributed by atoms with E-state index in [1.165, 1.54) is 6.07 Å². The highest BCUT2D eigenvalue weighted by atomic mass is 35.5. The Morgan fingerprint density at radius 2 is 2.07 bits per heavy atom. The average Bonchev–Trinajstić information content (AvgIpc) is 2.68. The zero-order chi connectivity index (χ0) is 18.2. The summed E-state index contributed by atoms with van der Waals surface area (Å²) < 4.78 is 19.3. The van der Waals surface area contributed by atoms with Crippen molar-refractivity contribution in [2.45, 2.75) is 31.7 Å². The SMILES string of the molecule is Cl.O=C(Cc1ccccc1F)N(CCCN1CCOCC1)C1CCCNC1. The number of amides is 1. The lowest BCUT2D eigenvalue weighted by atomic mass is 10.0. The molecule has 0 aromatic heterocycles. The summed E-state index contributed by atoms with van der Waals surface area (Å²) in [7, 11) is 0. The Bertz CT molecular complexity index is 578. The lowest BCUT2D eigenvalue weighted by Crippen LogP contribution is -2.50. The van der Waals surface area contributed by atoms with Crippen LogP contribution in [0.5, 0.6) is 0 Å². The third-order valence-corrected chi connectivity index (χ3v) is 5.31. The normalized spacial score (nSPS) is 20.7. The molecule has 1 amide bonds. The summed E-state index contributed by atoms with van der Waals surface area (Å²) in [6.45, 7) is 7.08. The molecule has 7 heteroatoms. The van der Waals surface area contributed by atoms with Gasteiger partial charge in [-0.05, 0) is 37.4 Å². The molecule has 2 heterocycles. The van der Waals surface area contributed by atoms with E-state index in [4.69, 9.17) is 4.74 Å². The molecule has 27 heavy (non-hydrogen) atoms. The predicted octanol–water partition coefficient (Wildman–Crippen LogP) is 2.09. The maximum atomic E-state index is 13.9. The summed E-state index contributed by atoms with van der Waals surface area (Å²) in [6.07, 6.45) is 3.19. The van der Waals surface area contributed by atoms with Crippen LogP contribution in [0.2, 0.25) is 0 Å². The van der Waals surface area contributed by atoms with Crippen molar-refractivity contribution >= 4 is 18.3 Å². The number of hydrogen-bond donors (Lipinski definition) is 1. The number of ether oxygens (including phenoxy) is 1. The summed E-state index contributed by atoms with van der Waals surface area (Å²) in [6, 6.07) is 6.80. The van der Waals surface area contributed by atoms with E-state index in [1.807, 2.05) is 4.90 Å². The molecule has 0 saturated carbocycles. The number of carbonyl (C=O) groups is 1. The first-order valence-corrected chi connectivity index (χ1v) is 9.78. The van der Waals surface area contributed by atoms with Crippen LogP contribution in [-0.2, 0) is 16.0 Å². The quantitative estimate of drug-likeness (QED) is 0.762. The largest absolute Gasteiger partial charge is 0.379 e. The van der Waals surface area contributed by atoms with Crippen molar-refractivity contribution in [1.29, 1.82) is 0 Å². The second-order valence-corrected chi connectivity index (χ2v) is 7.16. The van der Waals surface area contributed by atoms with Crippen molar-refractivity contribution in [3.63, 3.8) is 0 Å². The van der Waals surface area contributed by atoms with Crippen LogP contribution in [0, 0.1) is 5.82 Å². The number of carbonyl (C=O) groups excluding carboxylic acids is 1. The lowest BCUT2D eigenvalue weighted by Gasteiger charge is -2.36. The number of nitrogens with one attached hydrogen (secondary N) is 1. The lowest BCUT2D eigenvalue weighted by molar-refractivity contribution is -0.133. The molecule has 152 valence electrons.